The van der Waals surface area contributed by atoms with Crippen molar-refractivity contribution in [3.05, 3.63) is 63.7 Å². The number of halogens is 1. The molecular formula is C21H24ClN4O2+. The van der Waals surface area contributed by atoms with Crippen molar-refractivity contribution in [3.63, 3.8) is 0 Å². The third kappa shape index (κ3) is 3.98. The van der Waals surface area contributed by atoms with Crippen molar-refractivity contribution < 1.29 is 9.64 Å². The molecule has 146 valence electrons. The van der Waals surface area contributed by atoms with Crippen LogP contribution in [0.25, 0.3) is 10.9 Å². The Kier molecular flexibility index (Phi) is 5.50. The Bertz CT molecular complexity index is 1030. The number of hydrogen-bond donors (Lipinski definition) is 2. The monoisotopic (exact) mass is 399 g/mol. The summed E-state index contributed by atoms with van der Waals surface area (Å²) in [4.78, 5) is 23.6. The smallest absolute Gasteiger partial charge is 0.258 e. The van der Waals surface area contributed by atoms with E-state index in [1.54, 1.807) is 18.2 Å². The minimum atomic E-state index is -0.111. The molecule has 0 radical (unpaired) electrons. The molecule has 0 spiro atoms. The van der Waals surface area contributed by atoms with Gasteiger partial charge in [0.25, 0.3) is 5.56 Å². The topological polar surface area (TPSA) is 62.7 Å². The van der Waals surface area contributed by atoms with Crippen molar-refractivity contribution in [1.29, 1.82) is 0 Å². The van der Waals surface area contributed by atoms with E-state index in [1.165, 1.54) is 4.90 Å². The number of ether oxygens (including phenoxy) is 1. The van der Waals surface area contributed by atoms with Gasteiger partial charge in [0.15, 0.2) is 5.82 Å². The molecule has 6 nitrogen and oxygen atoms in total. The molecule has 0 amide bonds. The van der Waals surface area contributed by atoms with Crippen LogP contribution in [0.4, 0.5) is 5.69 Å². The van der Waals surface area contributed by atoms with Crippen molar-refractivity contribution in [2.24, 2.45) is 0 Å². The van der Waals surface area contributed by atoms with E-state index in [4.69, 9.17) is 16.3 Å². The molecule has 7 heteroatoms. The number of aromatic amines is 1. The number of hydrogen-bond acceptors (Lipinski definition) is 4. The first-order valence-electron chi connectivity index (χ1n) is 9.63. The fourth-order valence-corrected chi connectivity index (χ4v) is 3.88. The van der Waals surface area contributed by atoms with Gasteiger partial charge in [0.2, 0.25) is 0 Å². The summed E-state index contributed by atoms with van der Waals surface area (Å²) in [5.74, 6) is 1.64. The summed E-state index contributed by atoms with van der Waals surface area (Å²) >= 11 is 6.05. The van der Waals surface area contributed by atoms with Crippen LogP contribution in [-0.2, 0) is 6.54 Å². The number of quaternary nitrogens is 1. The predicted octanol–water partition coefficient (Wildman–Crippen LogP) is 1.88. The number of para-hydroxylation sites is 2. The summed E-state index contributed by atoms with van der Waals surface area (Å²) in [6, 6.07) is 13.4. The summed E-state index contributed by atoms with van der Waals surface area (Å²) in [6.45, 7) is 7.16. The molecule has 2 aromatic carbocycles. The van der Waals surface area contributed by atoms with Gasteiger partial charge in [-0.25, -0.2) is 4.98 Å². The van der Waals surface area contributed by atoms with E-state index in [-0.39, 0.29) is 5.56 Å². The Labute approximate surface area is 168 Å². The highest BCUT2D eigenvalue weighted by Gasteiger charge is 2.23. The lowest BCUT2D eigenvalue weighted by molar-refractivity contribution is -0.915. The highest BCUT2D eigenvalue weighted by atomic mass is 35.5. The number of H-pyrrole nitrogens is 1. The summed E-state index contributed by atoms with van der Waals surface area (Å²) < 4.78 is 5.77. The molecule has 2 heterocycles. The van der Waals surface area contributed by atoms with Crippen LogP contribution in [-0.4, -0.2) is 42.8 Å². The molecule has 28 heavy (non-hydrogen) atoms. The largest absolute Gasteiger partial charge is 0.492 e. The number of nitrogens with one attached hydrogen (secondary N) is 2. The van der Waals surface area contributed by atoms with Gasteiger partial charge in [-0.05, 0) is 37.3 Å². The van der Waals surface area contributed by atoms with Crippen LogP contribution in [0.2, 0.25) is 5.02 Å². The van der Waals surface area contributed by atoms with Crippen molar-refractivity contribution in [3.8, 4) is 5.75 Å². The summed E-state index contributed by atoms with van der Waals surface area (Å²) in [5, 5.41) is 1.16. The van der Waals surface area contributed by atoms with Gasteiger partial charge in [0, 0.05) is 5.02 Å². The van der Waals surface area contributed by atoms with Gasteiger partial charge in [-0.1, -0.05) is 23.7 Å². The van der Waals surface area contributed by atoms with Crippen molar-refractivity contribution in [1.82, 2.24) is 9.97 Å². The standard InChI is InChI=1S/C21H23ClN4O2/c1-2-28-19-6-4-3-5-18(19)26-11-9-25(10-12-26)14-20-23-17-13-15(22)7-8-16(17)21(27)24-20/h3-8,13H,2,9-12,14H2,1H3,(H,23,24,27)/p+1. The van der Waals surface area contributed by atoms with E-state index in [0.29, 0.717) is 34.9 Å². The molecule has 3 aromatic rings. The van der Waals surface area contributed by atoms with E-state index < -0.39 is 0 Å². The second-order valence-electron chi connectivity index (χ2n) is 6.99. The van der Waals surface area contributed by atoms with Crippen LogP contribution in [0.1, 0.15) is 12.7 Å². The van der Waals surface area contributed by atoms with Crippen molar-refractivity contribution in [2.45, 2.75) is 13.5 Å². The van der Waals surface area contributed by atoms with Gasteiger partial charge >= 0.3 is 0 Å². The number of aromatic nitrogens is 2. The fraction of sp³-hybridized carbons (Fsp3) is 0.333. The van der Waals surface area contributed by atoms with Crippen LogP contribution >= 0.6 is 11.6 Å². The van der Waals surface area contributed by atoms with Crippen LogP contribution in [0.5, 0.6) is 5.75 Å². The second kappa shape index (κ2) is 8.20. The molecule has 0 unspecified atom stereocenters. The van der Waals surface area contributed by atoms with Crippen LogP contribution in [0, 0.1) is 0 Å². The van der Waals surface area contributed by atoms with Crippen molar-refractivity contribution in [2.75, 3.05) is 37.7 Å². The minimum Gasteiger partial charge on any atom is -0.492 e. The number of benzene rings is 2. The second-order valence-corrected chi connectivity index (χ2v) is 7.43. The van der Waals surface area contributed by atoms with E-state index in [9.17, 15) is 4.79 Å². The van der Waals surface area contributed by atoms with Crippen LogP contribution in [0.3, 0.4) is 0 Å². The zero-order chi connectivity index (χ0) is 19.5. The lowest BCUT2D eigenvalue weighted by Crippen LogP contribution is -3.13. The normalized spacial score (nSPS) is 15.1. The molecular weight excluding hydrogens is 376 g/mol. The molecule has 1 aromatic heterocycles. The highest BCUT2D eigenvalue weighted by Crippen LogP contribution is 2.27. The van der Waals surface area contributed by atoms with Crippen LogP contribution < -0.4 is 20.1 Å². The molecule has 1 aliphatic rings. The molecule has 1 aliphatic heterocycles. The lowest BCUT2D eigenvalue weighted by Gasteiger charge is -2.34. The summed E-state index contributed by atoms with van der Waals surface area (Å²) in [6.07, 6.45) is 0. The summed E-state index contributed by atoms with van der Waals surface area (Å²) in [7, 11) is 0. The zero-order valence-electron chi connectivity index (χ0n) is 15.9. The molecule has 0 saturated carbocycles. The number of fused-ring (bicyclic) bond motifs is 1. The van der Waals surface area contributed by atoms with Gasteiger partial charge < -0.3 is 19.5 Å². The Hall–Kier alpha value is -2.57. The van der Waals surface area contributed by atoms with E-state index in [2.05, 4.69) is 20.9 Å². The van der Waals surface area contributed by atoms with Gasteiger partial charge in [-0.3, -0.25) is 4.79 Å². The molecule has 0 bridgehead atoms. The predicted molar refractivity (Wildman–Crippen MR) is 112 cm³/mol. The maximum atomic E-state index is 12.3. The van der Waals surface area contributed by atoms with E-state index in [1.807, 2.05) is 25.1 Å². The van der Waals surface area contributed by atoms with E-state index in [0.717, 1.165) is 37.6 Å². The van der Waals surface area contributed by atoms with Gasteiger partial charge in [0.05, 0.1) is 49.4 Å². The quantitative estimate of drug-likeness (QED) is 0.687. The molecule has 0 aliphatic carbocycles. The number of rotatable bonds is 5. The zero-order valence-corrected chi connectivity index (χ0v) is 16.6. The Balaban J connectivity index is 1.45. The average Bonchev–Trinajstić information content (AvgIpc) is 2.69. The van der Waals surface area contributed by atoms with Crippen LogP contribution in [0.15, 0.2) is 47.3 Å². The number of piperazine rings is 1. The number of nitrogens with zero attached hydrogens (tertiary/aromatic N) is 2. The van der Waals surface area contributed by atoms with Crippen molar-refractivity contribution >= 4 is 28.2 Å². The van der Waals surface area contributed by atoms with E-state index >= 15 is 0 Å². The van der Waals surface area contributed by atoms with Gasteiger partial charge in [-0.15, -0.1) is 0 Å². The first-order valence-corrected chi connectivity index (χ1v) is 10.0. The maximum Gasteiger partial charge on any atom is 0.258 e. The number of anilines is 1. The minimum absolute atomic E-state index is 0.111. The highest BCUT2D eigenvalue weighted by molar-refractivity contribution is 6.31. The summed E-state index contributed by atoms with van der Waals surface area (Å²) in [5.41, 5.74) is 1.69. The first kappa shape index (κ1) is 18.8. The maximum absolute atomic E-state index is 12.3. The third-order valence-corrected chi connectivity index (χ3v) is 5.35. The lowest BCUT2D eigenvalue weighted by atomic mass is 10.2. The first-order chi connectivity index (χ1) is 13.6. The SMILES string of the molecule is CCOc1ccccc1N1CC[NH+](Cc2nc3cc(Cl)ccc3c(=O)[nH]2)CC1. The Morgan fingerprint density at radius 3 is 2.79 bits per heavy atom. The Morgan fingerprint density at radius 2 is 2.00 bits per heavy atom. The average molecular weight is 400 g/mol. The van der Waals surface area contributed by atoms with Gasteiger partial charge in [0.1, 0.15) is 12.3 Å². The van der Waals surface area contributed by atoms with Gasteiger partial charge in [-0.2, -0.15) is 0 Å². The fourth-order valence-electron chi connectivity index (χ4n) is 3.72. The molecule has 1 saturated heterocycles. The molecule has 1 fully saturated rings. The molecule has 2 N–H and O–H groups in total. The third-order valence-electron chi connectivity index (χ3n) is 5.11. The molecule has 0 atom stereocenters. The Morgan fingerprint density at radius 1 is 1.21 bits per heavy atom. The molecule has 4 rings (SSSR count).